The third-order valence-corrected chi connectivity index (χ3v) is 3.56. The van der Waals surface area contributed by atoms with E-state index in [1.54, 1.807) is 31.2 Å². The zero-order valence-electron chi connectivity index (χ0n) is 13.2. The fourth-order valence-electron chi connectivity index (χ4n) is 1.83. The second-order valence-corrected chi connectivity index (χ2v) is 5.80. The molecule has 0 aromatic heterocycles. The zero-order valence-corrected chi connectivity index (χ0v) is 14.8. The molecule has 0 aliphatic carbocycles. The maximum Gasteiger partial charge on any atom is 0.280 e. The average molecular weight is 393 g/mol. The van der Waals surface area contributed by atoms with Crippen LogP contribution in [-0.4, -0.2) is 30.4 Å². The number of rotatable bonds is 6. The second-order valence-electron chi connectivity index (χ2n) is 4.88. The number of carbonyl (C=O) groups is 1. The molecule has 0 radical (unpaired) electrons. The van der Waals surface area contributed by atoms with E-state index in [1.807, 2.05) is 12.1 Å². The van der Waals surface area contributed by atoms with Gasteiger partial charge in [0.1, 0.15) is 5.75 Å². The molecule has 7 heteroatoms. The predicted molar refractivity (Wildman–Crippen MR) is 94.6 cm³/mol. The molecule has 24 heavy (non-hydrogen) atoms. The molecule has 1 atom stereocenters. The smallest absolute Gasteiger partial charge is 0.280 e. The largest absolute Gasteiger partial charge is 0.504 e. The fraction of sp³-hybridized carbons (Fsp3) is 0.176. The van der Waals surface area contributed by atoms with E-state index in [0.717, 1.165) is 4.47 Å². The van der Waals surface area contributed by atoms with Crippen LogP contribution in [0, 0.1) is 0 Å². The number of ether oxygens (including phenoxy) is 2. The molecule has 126 valence electrons. The van der Waals surface area contributed by atoms with Crippen molar-refractivity contribution < 1.29 is 19.4 Å². The quantitative estimate of drug-likeness (QED) is 0.584. The van der Waals surface area contributed by atoms with Crippen LogP contribution in [0.1, 0.15) is 12.5 Å². The van der Waals surface area contributed by atoms with Crippen LogP contribution in [0.4, 0.5) is 0 Å². The number of benzene rings is 2. The van der Waals surface area contributed by atoms with Crippen molar-refractivity contribution in [1.82, 2.24) is 5.43 Å². The summed E-state index contributed by atoms with van der Waals surface area (Å²) in [5, 5.41) is 13.4. The van der Waals surface area contributed by atoms with Crippen molar-refractivity contribution in [3.05, 3.63) is 52.5 Å². The van der Waals surface area contributed by atoms with Crippen molar-refractivity contribution in [2.75, 3.05) is 7.11 Å². The highest BCUT2D eigenvalue weighted by atomic mass is 79.9. The molecule has 0 bridgehead atoms. The normalized spacial score (nSPS) is 12.0. The van der Waals surface area contributed by atoms with Crippen LogP contribution in [0.25, 0.3) is 0 Å². The number of nitrogens with one attached hydrogen (secondary N) is 1. The summed E-state index contributed by atoms with van der Waals surface area (Å²) in [4.78, 5) is 12.0. The number of hydrogen-bond acceptors (Lipinski definition) is 5. The molecule has 0 saturated heterocycles. The Morgan fingerprint density at radius 3 is 2.83 bits per heavy atom. The topological polar surface area (TPSA) is 80.2 Å². The molecule has 2 rings (SSSR count). The van der Waals surface area contributed by atoms with Gasteiger partial charge in [-0.3, -0.25) is 4.79 Å². The number of hydrogen-bond donors (Lipinski definition) is 2. The molecule has 0 unspecified atom stereocenters. The van der Waals surface area contributed by atoms with Gasteiger partial charge in [0.2, 0.25) is 0 Å². The van der Waals surface area contributed by atoms with Crippen molar-refractivity contribution in [2.45, 2.75) is 13.0 Å². The lowest BCUT2D eigenvalue weighted by atomic mass is 10.2. The summed E-state index contributed by atoms with van der Waals surface area (Å²) in [6.45, 7) is 1.63. The van der Waals surface area contributed by atoms with Crippen LogP contribution in [0.3, 0.4) is 0 Å². The van der Waals surface area contributed by atoms with E-state index in [0.29, 0.717) is 17.1 Å². The lowest BCUT2D eigenvalue weighted by Gasteiger charge is -2.13. The fourth-order valence-corrected chi connectivity index (χ4v) is 2.21. The third-order valence-electron chi connectivity index (χ3n) is 3.07. The first kappa shape index (κ1) is 17.8. The molecule has 0 aliphatic heterocycles. The predicted octanol–water partition coefficient (Wildman–Crippen LogP) is 3.08. The Labute approximate surface area is 148 Å². The molecule has 0 heterocycles. The Morgan fingerprint density at radius 2 is 2.12 bits per heavy atom. The van der Waals surface area contributed by atoms with Crippen molar-refractivity contribution in [2.24, 2.45) is 5.10 Å². The molecule has 2 N–H and O–H groups in total. The van der Waals surface area contributed by atoms with Gasteiger partial charge in [-0.25, -0.2) is 5.43 Å². The van der Waals surface area contributed by atoms with Crippen LogP contribution in [0.2, 0.25) is 0 Å². The van der Waals surface area contributed by atoms with Crippen molar-refractivity contribution in [3.63, 3.8) is 0 Å². The van der Waals surface area contributed by atoms with Gasteiger partial charge in [-0.2, -0.15) is 5.10 Å². The molecule has 6 nitrogen and oxygen atoms in total. The van der Waals surface area contributed by atoms with Crippen LogP contribution < -0.4 is 14.9 Å². The van der Waals surface area contributed by atoms with E-state index in [1.165, 1.54) is 19.4 Å². The minimum atomic E-state index is -0.703. The number of halogens is 1. The number of nitrogens with zero attached hydrogens (tertiary/aromatic N) is 1. The lowest BCUT2D eigenvalue weighted by Crippen LogP contribution is -2.33. The molecule has 0 aliphatic rings. The van der Waals surface area contributed by atoms with Gasteiger partial charge in [0.15, 0.2) is 17.6 Å². The van der Waals surface area contributed by atoms with E-state index < -0.39 is 6.10 Å². The van der Waals surface area contributed by atoms with Gasteiger partial charge in [-0.15, -0.1) is 0 Å². The van der Waals surface area contributed by atoms with Gasteiger partial charge in [0, 0.05) is 4.47 Å². The molecule has 0 spiro atoms. The summed E-state index contributed by atoms with van der Waals surface area (Å²) in [7, 11) is 1.46. The molecule has 2 aromatic carbocycles. The maximum absolute atomic E-state index is 12.0. The highest BCUT2D eigenvalue weighted by molar-refractivity contribution is 9.10. The number of methoxy groups -OCH3 is 1. The van der Waals surface area contributed by atoms with E-state index >= 15 is 0 Å². The highest BCUT2D eigenvalue weighted by Gasteiger charge is 2.13. The number of phenolic OH excluding ortho intramolecular Hbond substituents is 1. The molecular weight excluding hydrogens is 376 g/mol. The van der Waals surface area contributed by atoms with Crippen molar-refractivity contribution >= 4 is 28.1 Å². The molecule has 1 amide bonds. The zero-order chi connectivity index (χ0) is 17.5. The van der Waals surface area contributed by atoms with Gasteiger partial charge in [-0.1, -0.05) is 22.0 Å². The third kappa shape index (κ3) is 4.99. The number of phenols is 1. The van der Waals surface area contributed by atoms with Crippen LogP contribution in [-0.2, 0) is 4.79 Å². The number of amides is 1. The Bertz CT molecular complexity index is 749. The van der Waals surface area contributed by atoms with Gasteiger partial charge in [0.25, 0.3) is 5.91 Å². The van der Waals surface area contributed by atoms with E-state index in [2.05, 4.69) is 26.5 Å². The SMILES string of the molecule is COc1cc(/C=N/NC(=O)[C@H](C)Oc2cccc(Br)c2)ccc1O. The monoisotopic (exact) mass is 392 g/mol. The molecule has 2 aromatic rings. The van der Waals surface area contributed by atoms with Gasteiger partial charge in [-0.05, 0) is 48.9 Å². The molecule has 0 saturated carbocycles. The lowest BCUT2D eigenvalue weighted by molar-refractivity contribution is -0.127. The van der Waals surface area contributed by atoms with Crippen molar-refractivity contribution in [1.29, 1.82) is 0 Å². The number of carbonyl (C=O) groups excluding carboxylic acids is 1. The average Bonchev–Trinajstić information content (AvgIpc) is 2.56. The summed E-state index contributed by atoms with van der Waals surface area (Å²) in [6.07, 6.45) is 0.747. The van der Waals surface area contributed by atoms with E-state index in [-0.39, 0.29) is 11.7 Å². The summed E-state index contributed by atoms with van der Waals surface area (Å²) in [5.41, 5.74) is 3.08. The standard InChI is InChI=1S/C17H17BrN2O4/c1-11(24-14-5-3-4-13(18)9-14)17(22)20-19-10-12-6-7-15(21)16(8-12)23-2/h3-11,21H,1-2H3,(H,20,22)/b19-10+/t11-/m0/s1. The summed E-state index contributed by atoms with van der Waals surface area (Å²) >= 11 is 3.34. The first-order valence-electron chi connectivity index (χ1n) is 7.11. The minimum absolute atomic E-state index is 0.0368. The number of hydrazone groups is 1. The Morgan fingerprint density at radius 1 is 1.33 bits per heavy atom. The Balaban J connectivity index is 1.92. The van der Waals surface area contributed by atoms with Crippen LogP contribution in [0.5, 0.6) is 17.2 Å². The van der Waals surface area contributed by atoms with Gasteiger partial charge >= 0.3 is 0 Å². The van der Waals surface area contributed by atoms with Gasteiger partial charge in [0.05, 0.1) is 13.3 Å². The Kier molecular flexibility index (Phi) is 6.20. The summed E-state index contributed by atoms with van der Waals surface area (Å²) in [5.74, 6) is 0.572. The van der Waals surface area contributed by atoms with E-state index in [4.69, 9.17) is 9.47 Å². The van der Waals surface area contributed by atoms with Crippen LogP contribution in [0.15, 0.2) is 52.0 Å². The summed E-state index contributed by atoms with van der Waals surface area (Å²) < 4.78 is 11.4. The number of aromatic hydroxyl groups is 1. The first-order valence-corrected chi connectivity index (χ1v) is 7.91. The second kappa shape index (κ2) is 8.35. The van der Waals surface area contributed by atoms with Gasteiger partial charge < -0.3 is 14.6 Å². The van der Waals surface area contributed by atoms with E-state index in [9.17, 15) is 9.90 Å². The summed E-state index contributed by atoms with van der Waals surface area (Å²) in [6, 6.07) is 12.0. The van der Waals surface area contributed by atoms with Crippen LogP contribution >= 0.6 is 15.9 Å². The van der Waals surface area contributed by atoms with Crippen molar-refractivity contribution in [3.8, 4) is 17.2 Å². The minimum Gasteiger partial charge on any atom is -0.504 e. The highest BCUT2D eigenvalue weighted by Crippen LogP contribution is 2.25. The first-order chi connectivity index (χ1) is 11.5. The Hall–Kier alpha value is -2.54. The molecular formula is C17H17BrN2O4. The molecule has 0 fully saturated rings. The maximum atomic E-state index is 12.0.